The molecule has 2 heterocycles. The summed E-state index contributed by atoms with van der Waals surface area (Å²) in [7, 11) is 1.85. The van der Waals surface area contributed by atoms with Gasteiger partial charge in [0.25, 0.3) is 5.91 Å². The third-order valence-corrected chi connectivity index (χ3v) is 7.65. The van der Waals surface area contributed by atoms with E-state index >= 15 is 0 Å². The smallest absolute Gasteiger partial charge is 0.251 e. The number of carbonyl (C=O) groups excluding carboxylic acids is 2. The highest BCUT2D eigenvalue weighted by atomic mass is 32.2. The molecule has 1 fully saturated rings. The first kappa shape index (κ1) is 25.7. The van der Waals surface area contributed by atoms with Crippen molar-refractivity contribution in [3.05, 3.63) is 107 Å². The summed E-state index contributed by atoms with van der Waals surface area (Å²) in [5, 5.41) is 12.5. The monoisotopic (exact) mass is 529 g/mol. The minimum Gasteiger partial charge on any atom is -0.342 e. The topological polar surface area (TPSA) is 80.1 Å². The number of anilines is 1. The van der Waals surface area contributed by atoms with Crippen LogP contribution in [0.2, 0.25) is 0 Å². The van der Waals surface area contributed by atoms with Gasteiger partial charge in [-0.05, 0) is 48.2 Å². The number of thioether (sulfide) groups is 1. The van der Waals surface area contributed by atoms with Gasteiger partial charge in [-0.15, -0.1) is 10.2 Å². The average Bonchev–Trinajstić information content (AvgIpc) is 3.53. The van der Waals surface area contributed by atoms with Crippen LogP contribution in [-0.4, -0.2) is 33.1 Å². The number of hydrogen-bond donors (Lipinski definition) is 1. The van der Waals surface area contributed by atoms with Crippen molar-refractivity contribution in [1.29, 1.82) is 0 Å². The van der Waals surface area contributed by atoms with Gasteiger partial charge in [-0.1, -0.05) is 66.4 Å². The van der Waals surface area contributed by atoms with E-state index in [1.54, 1.807) is 41.3 Å². The standard InChI is InChI=1S/C29H28FN5O2S/c1-34-27(32-33-29(34)38-19-22-11-5-6-14-24(22)30)25(17-20-9-3-2-4-10-20)31-28(37)21-12-7-13-23(18-21)35-16-8-15-26(35)36/h2-7,9-14,18,25H,8,15-17,19H2,1H3,(H,31,37)/t25-/m0/s1. The number of amides is 2. The van der Waals surface area contributed by atoms with Crippen LogP contribution < -0.4 is 10.2 Å². The predicted molar refractivity (Wildman–Crippen MR) is 145 cm³/mol. The zero-order valence-electron chi connectivity index (χ0n) is 21.0. The highest BCUT2D eigenvalue weighted by molar-refractivity contribution is 7.98. The lowest BCUT2D eigenvalue weighted by Gasteiger charge is -2.20. The Labute approximate surface area is 225 Å². The van der Waals surface area contributed by atoms with E-state index in [9.17, 15) is 14.0 Å². The molecule has 0 saturated carbocycles. The molecule has 0 radical (unpaired) electrons. The maximum atomic E-state index is 14.1. The van der Waals surface area contributed by atoms with E-state index in [-0.39, 0.29) is 17.6 Å². The fourth-order valence-corrected chi connectivity index (χ4v) is 5.45. The van der Waals surface area contributed by atoms with Crippen molar-refractivity contribution in [1.82, 2.24) is 20.1 Å². The second-order valence-electron chi connectivity index (χ2n) is 9.19. The lowest BCUT2D eigenvalue weighted by Crippen LogP contribution is -2.32. The van der Waals surface area contributed by atoms with Gasteiger partial charge in [-0.2, -0.15) is 0 Å². The minimum atomic E-state index is -0.456. The number of nitrogens with zero attached hydrogens (tertiary/aromatic N) is 4. The van der Waals surface area contributed by atoms with Crippen LogP contribution in [0.3, 0.4) is 0 Å². The summed E-state index contributed by atoms with van der Waals surface area (Å²) in [5.74, 6) is 0.571. The molecule has 1 aliphatic heterocycles. The Morgan fingerprint density at radius 1 is 1.05 bits per heavy atom. The maximum absolute atomic E-state index is 14.1. The molecular formula is C29H28FN5O2S. The van der Waals surface area contributed by atoms with Gasteiger partial charge < -0.3 is 14.8 Å². The van der Waals surface area contributed by atoms with Crippen molar-refractivity contribution in [2.75, 3.05) is 11.4 Å². The van der Waals surface area contributed by atoms with Crippen molar-refractivity contribution >= 4 is 29.3 Å². The van der Waals surface area contributed by atoms with E-state index < -0.39 is 6.04 Å². The van der Waals surface area contributed by atoms with Gasteiger partial charge in [0.2, 0.25) is 5.91 Å². The molecule has 0 unspecified atom stereocenters. The molecule has 4 aromatic rings. The quantitative estimate of drug-likeness (QED) is 0.306. The van der Waals surface area contributed by atoms with Gasteiger partial charge in [-0.25, -0.2) is 4.39 Å². The summed E-state index contributed by atoms with van der Waals surface area (Å²) in [6.45, 7) is 0.660. The van der Waals surface area contributed by atoms with Gasteiger partial charge >= 0.3 is 0 Å². The van der Waals surface area contributed by atoms with E-state index in [1.165, 1.54) is 17.8 Å². The van der Waals surface area contributed by atoms with Crippen LogP contribution in [0.25, 0.3) is 0 Å². The Bertz CT molecular complexity index is 1440. The molecule has 1 atom stereocenters. The Kier molecular flexibility index (Phi) is 7.83. The number of carbonyl (C=O) groups is 2. The van der Waals surface area contributed by atoms with E-state index in [2.05, 4.69) is 15.5 Å². The number of benzene rings is 3. The molecule has 2 amide bonds. The average molecular weight is 530 g/mol. The molecule has 1 aromatic heterocycles. The number of nitrogens with one attached hydrogen (secondary N) is 1. The summed E-state index contributed by atoms with van der Waals surface area (Å²) in [5.41, 5.74) is 2.83. The Hall–Kier alpha value is -3.98. The molecule has 9 heteroatoms. The number of aromatic nitrogens is 3. The molecular weight excluding hydrogens is 501 g/mol. The van der Waals surface area contributed by atoms with Crippen molar-refractivity contribution in [3.63, 3.8) is 0 Å². The molecule has 194 valence electrons. The first-order valence-electron chi connectivity index (χ1n) is 12.5. The largest absolute Gasteiger partial charge is 0.342 e. The molecule has 1 aliphatic rings. The summed E-state index contributed by atoms with van der Waals surface area (Å²) >= 11 is 1.39. The number of halogens is 1. The zero-order chi connectivity index (χ0) is 26.5. The van der Waals surface area contributed by atoms with Crippen LogP contribution in [0.5, 0.6) is 0 Å². The maximum Gasteiger partial charge on any atom is 0.251 e. The third kappa shape index (κ3) is 5.78. The Morgan fingerprint density at radius 2 is 1.84 bits per heavy atom. The normalized spacial score (nSPS) is 14.1. The summed E-state index contributed by atoms with van der Waals surface area (Å²) in [6.07, 6.45) is 1.86. The van der Waals surface area contributed by atoms with E-state index in [4.69, 9.17) is 0 Å². The molecule has 0 aliphatic carbocycles. The molecule has 3 aromatic carbocycles. The molecule has 0 spiro atoms. The summed E-state index contributed by atoms with van der Waals surface area (Å²) < 4.78 is 15.9. The molecule has 1 N–H and O–H groups in total. The molecule has 38 heavy (non-hydrogen) atoms. The van der Waals surface area contributed by atoms with E-state index in [1.807, 2.05) is 48.0 Å². The van der Waals surface area contributed by atoms with Crippen molar-refractivity contribution < 1.29 is 14.0 Å². The fraction of sp³-hybridized carbons (Fsp3) is 0.241. The Morgan fingerprint density at radius 3 is 2.61 bits per heavy atom. The second kappa shape index (κ2) is 11.6. The van der Waals surface area contributed by atoms with Crippen LogP contribution in [0.15, 0.2) is 84.0 Å². The predicted octanol–water partition coefficient (Wildman–Crippen LogP) is 5.09. The number of rotatable bonds is 9. The molecule has 1 saturated heterocycles. The molecule has 5 rings (SSSR count). The Balaban J connectivity index is 1.37. The van der Waals surface area contributed by atoms with Crippen LogP contribution >= 0.6 is 11.8 Å². The van der Waals surface area contributed by atoms with Gasteiger partial charge in [0.05, 0.1) is 6.04 Å². The third-order valence-electron chi connectivity index (χ3n) is 6.58. The van der Waals surface area contributed by atoms with Crippen molar-refractivity contribution in [3.8, 4) is 0 Å². The SMILES string of the molecule is Cn1c(SCc2ccccc2F)nnc1[C@H](Cc1ccccc1)NC(=O)c1cccc(N2CCCC2=O)c1. The van der Waals surface area contributed by atoms with Crippen LogP contribution in [0, 0.1) is 5.82 Å². The zero-order valence-corrected chi connectivity index (χ0v) is 21.8. The first-order valence-corrected chi connectivity index (χ1v) is 13.5. The van der Waals surface area contributed by atoms with Gasteiger partial charge in [-0.3, -0.25) is 9.59 Å². The van der Waals surface area contributed by atoms with E-state index in [0.29, 0.717) is 47.2 Å². The van der Waals surface area contributed by atoms with Gasteiger partial charge in [0, 0.05) is 37.0 Å². The van der Waals surface area contributed by atoms with Crippen LogP contribution in [-0.2, 0) is 24.0 Å². The fourth-order valence-electron chi connectivity index (χ4n) is 4.55. The molecule has 0 bridgehead atoms. The molecule has 7 nitrogen and oxygen atoms in total. The highest BCUT2D eigenvalue weighted by Crippen LogP contribution is 2.27. The number of hydrogen-bond acceptors (Lipinski definition) is 5. The van der Waals surface area contributed by atoms with Crippen molar-refractivity contribution in [2.24, 2.45) is 7.05 Å². The lowest BCUT2D eigenvalue weighted by atomic mass is 10.0. The lowest BCUT2D eigenvalue weighted by molar-refractivity contribution is -0.117. The second-order valence-corrected chi connectivity index (χ2v) is 10.1. The van der Waals surface area contributed by atoms with Gasteiger partial charge in [0.15, 0.2) is 11.0 Å². The van der Waals surface area contributed by atoms with E-state index in [0.717, 1.165) is 17.7 Å². The van der Waals surface area contributed by atoms with Crippen LogP contribution in [0.4, 0.5) is 10.1 Å². The van der Waals surface area contributed by atoms with Crippen molar-refractivity contribution in [2.45, 2.75) is 36.2 Å². The first-order chi connectivity index (χ1) is 18.5. The summed E-state index contributed by atoms with van der Waals surface area (Å²) in [4.78, 5) is 27.3. The van der Waals surface area contributed by atoms with Crippen LogP contribution in [0.1, 0.15) is 46.2 Å². The highest BCUT2D eigenvalue weighted by Gasteiger charge is 2.25. The minimum absolute atomic E-state index is 0.0732. The van der Waals surface area contributed by atoms with Gasteiger partial charge in [0.1, 0.15) is 5.82 Å². The summed E-state index contributed by atoms with van der Waals surface area (Å²) in [6, 6.07) is 23.2.